The Morgan fingerprint density at radius 2 is 1.38 bits per heavy atom. The number of aliphatic hydroxyl groups is 1. The first-order valence-corrected chi connectivity index (χ1v) is 5.30. The molecule has 1 N–H and O–H groups in total. The van der Waals surface area contributed by atoms with Crippen LogP contribution in [0.2, 0.25) is 0 Å². The van der Waals surface area contributed by atoms with Gasteiger partial charge in [-0.2, -0.15) is 0 Å². The summed E-state index contributed by atoms with van der Waals surface area (Å²) < 4.78 is 0. The highest BCUT2D eigenvalue weighted by molar-refractivity contribution is 5.46. The van der Waals surface area contributed by atoms with Crippen molar-refractivity contribution in [3.8, 4) is 0 Å². The zero-order chi connectivity index (χ0) is 11.4. The minimum Gasteiger partial charge on any atom is -0.369 e. The molecule has 2 rings (SSSR count). The fourth-order valence-corrected chi connectivity index (χ4v) is 1.65. The predicted molar refractivity (Wildman–Crippen MR) is 66.2 cm³/mol. The molecule has 0 saturated carbocycles. The van der Waals surface area contributed by atoms with Crippen molar-refractivity contribution in [1.82, 2.24) is 0 Å². The second kappa shape index (κ2) is 4.81. The molecule has 0 aliphatic carbocycles. The van der Waals surface area contributed by atoms with Crippen molar-refractivity contribution >= 4 is 5.69 Å². The van der Waals surface area contributed by atoms with Crippen LogP contribution in [-0.2, 0) is 0 Å². The summed E-state index contributed by atoms with van der Waals surface area (Å²) in [7, 11) is 1.88. The largest absolute Gasteiger partial charge is 0.369 e. The van der Waals surface area contributed by atoms with E-state index < -0.39 is 6.23 Å². The second-order valence-corrected chi connectivity index (χ2v) is 3.73. The molecule has 0 aromatic heterocycles. The van der Waals surface area contributed by atoms with E-state index >= 15 is 0 Å². The molecule has 0 aliphatic heterocycles. The quantitative estimate of drug-likeness (QED) is 0.792. The number of nitrogens with zero attached hydrogens (tertiary/aromatic N) is 1. The molecule has 2 aromatic carbocycles. The average molecular weight is 213 g/mol. The lowest BCUT2D eigenvalue weighted by atomic mass is 10.1. The summed E-state index contributed by atoms with van der Waals surface area (Å²) in [5, 5.41) is 10.2. The molecule has 2 aromatic rings. The van der Waals surface area contributed by atoms with E-state index in [1.165, 1.54) is 0 Å². The maximum atomic E-state index is 10.2. The van der Waals surface area contributed by atoms with Crippen molar-refractivity contribution in [3.63, 3.8) is 0 Å². The lowest BCUT2D eigenvalue weighted by Gasteiger charge is -2.25. The fourth-order valence-electron chi connectivity index (χ4n) is 1.65. The molecule has 2 heteroatoms. The molecule has 2 nitrogen and oxygen atoms in total. The molecule has 0 amide bonds. The number of hydrogen-bond donors (Lipinski definition) is 1. The highest BCUT2D eigenvalue weighted by Crippen LogP contribution is 2.22. The third kappa shape index (κ3) is 2.23. The molecule has 16 heavy (non-hydrogen) atoms. The van der Waals surface area contributed by atoms with Crippen LogP contribution in [0.5, 0.6) is 0 Å². The van der Waals surface area contributed by atoms with Gasteiger partial charge in [-0.05, 0) is 12.1 Å². The average Bonchev–Trinajstić information content (AvgIpc) is 2.39. The van der Waals surface area contributed by atoms with Gasteiger partial charge < -0.3 is 10.0 Å². The second-order valence-electron chi connectivity index (χ2n) is 3.73. The summed E-state index contributed by atoms with van der Waals surface area (Å²) in [6.07, 6.45) is -0.608. The Kier molecular flexibility index (Phi) is 3.22. The zero-order valence-electron chi connectivity index (χ0n) is 9.25. The fraction of sp³-hybridized carbons (Fsp3) is 0.143. The van der Waals surface area contributed by atoms with Gasteiger partial charge in [0.25, 0.3) is 0 Å². The number of hydrogen-bond acceptors (Lipinski definition) is 2. The Bertz CT molecular complexity index is 384. The smallest absolute Gasteiger partial charge is 0.153 e. The van der Waals surface area contributed by atoms with Gasteiger partial charge in [0.05, 0.1) is 0 Å². The molecule has 0 radical (unpaired) electrons. The van der Waals surface area contributed by atoms with Gasteiger partial charge in [0.1, 0.15) is 0 Å². The number of benzene rings is 2. The van der Waals surface area contributed by atoms with Gasteiger partial charge in [0, 0.05) is 18.3 Å². The molecule has 0 bridgehead atoms. The summed E-state index contributed by atoms with van der Waals surface area (Å²) in [6, 6.07) is 19.5. The number of para-hydroxylation sites is 1. The number of rotatable bonds is 3. The van der Waals surface area contributed by atoms with E-state index in [0.29, 0.717) is 0 Å². The van der Waals surface area contributed by atoms with E-state index in [-0.39, 0.29) is 0 Å². The lowest BCUT2D eigenvalue weighted by molar-refractivity contribution is 0.178. The summed E-state index contributed by atoms with van der Waals surface area (Å²) >= 11 is 0. The molecule has 1 unspecified atom stereocenters. The third-order valence-corrected chi connectivity index (χ3v) is 2.63. The SMILES string of the molecule is CN(c1ccccc1)C(O)c1ccccc1. The van der Waals surface area contributed by atoms with E-state index in [1.54, 1.807) is 0 Å². The van der Waals surface area contributed by atoms with Crippen LogP contribution < -0.4 is 4.90 Å². The predicted octanol–water partition coefficient (Wildman–Crippen LogP) is 2.81. The van der Waals surface area contributed by atoms with Gasteiger partial charge in [0.2, 0.25) is 0 Å². The minimum atomic E-state index is -0.608. The number of anilines is 1. The van der Waals surface area contributed by atoms with Crippen molar-refractivity contribution in [3.05, 3.63) is 66.2 Å². The standard InChI is InChI=1S/C14H15NO/c1-15(13-10-6-3-7-11-13)14(16)12-8-4-2-5-9-12/h2-11,14,16H,1H3. The van der Waals surface area contributed by atoms with Crippen molar-refractivity contribution in [1.29, 1.82) is 0 Å². The van der Waals surface area contributed by atoms with Crippen LogP contribution in [0.15, 0.2) is 60.7 Å². The van der Waals surface area contributed by atoms with E-state index in [2.05, 4.69) is 0 Å². The molecule has 0 fully saturated rings. The van der Waals surface area contributed by atoms with Crippen LogP contribution >= 0.6 is 0 Å². The maximum Gasteiger partial charge on any atom is 0.153 e. The van der Waals surface area contributed by atoms with Crippen LogP contribution in [0, 0.1) is 0 Å². The Morgan fingerprint density at radius 1 is 0.875 bits per heavy atom. The van der Waals surface area contributed by atoms with Gasteiger partial charge in [-0.25, -0.2) is 0 Å². The summed E-state index contributed by atoms with van der Waals surface area (Å²) in [4.78, 5) is 1.84. The van der Waals surface area contributed by atoms with Crippen molar-refractivity contribution in [2.45, 2.75) is 6.23 Å². The van der Waals surface area contributed by atoms with Crippen LogP contribution in [0.25, 0.3) is 0 Å². The molecular formula is C14H15NO. The van der Waals surface area contributed by atoms with E-state index in [9.17, 15) is 5.11 Å². The molecule has 0 aliphatic rings. The number of aliphatic hydroxyl groups excluding tert-OH is 1. The lowest BCUT2D eigenvalue weighted by Crippen LogP contribution is -2.23. The van der Waals surface area contributed by atoms with E-state index in [1.807, 2.05) is 72.6 Å². The summed E-state index contributed by atoms with van der Waals surface area (Å²) in [5.74, 6) is 0. The summed E-state index contributed by atoms with van der Waals surface area (Å²) in [6.45, 7) is 0. The first-order valence-electron chi connectivity index (χ1n) is 5.30. The highest BCUT2D eigenvalue weighted by Gasteiger charge is 2.12. The van der Waals surface area contributed by atoms with Crippen molar-refractivity contribution in [2.75, 3.05) is 11.9 Å². The van der Waals surface area contributed by atoms with Crippen LogP contribution in [0.3, 0.4) is 0 Å². The third-order valence-electron chi connectivity index (χ3n) is 2.63. The Morgan fingerprint density at radius 3 is 1.94 bits per heavy atom. The van der Waals surface area contributed by atoms with Gasteiger partial charge in [-0.1, -0.05) is 48.5 Å². The summed E-state index contributed by atoms with van der Waals surface area (Å²) in [5.41, 5.74) is 1.90. The topological polar surface area (TPSA) is 23.5 Å². The monoisotopic (exact) mass is 213 g/mol. The van der Waals surface area contributed by atoms with Gasteiger partial charge in [-0.15, -0.1) is 0 Å². The van der Waals surface area contributed by atoms with Gasteiger partial charge in [0.15, 0.2) is 6.23 Å². The molecule has 0 heterocycles. The van der Waals surface area contributed by atoms with E-state index in [0.717, 1.165) is 11.3 Å². The Labute approximate surface area is 95.8 Å². The van der Waals surface area contributed by atoms with Crippen LogP contribution in [0.1, 0.15) is 11.8 Å². The minimum absolute atomic E-state index is 0.608. The van der Waals surface area contributed by atoms with Crippen molar-refractivity contribution in [2.24, 2.45) is 0 Å². The van der Waals surface area contributed by atoms with Gasteiger partial charge in [-0.3, -0.25) is 0 Å². The molecular weight excluding hydrogens is 198 g/mol. The normalized spacial score (nSPS) is 12.1. The molecule has 0 spiro atoms. The highest BCUT2D eigenvalue weighted by atomic mass is 16.3. The first-order chi connectivity index (χ1) is 7.79. The van der Waals surface area contributed by atoms with Gasteiger partial charge >= 0.3 is 0 Å². The molecule has 0 saturated heterocycles. The van der Waals surface area contributed by atoms with Crippen LogP contribution in [-0.4, -0.2) is 12.2 Å². The van der Waals surface area contributed by atoms with Crippen LogP contribution in [0.4, 0.5) is 5.69 Å². The Hall–Kier alpha value is -1.80. The maximum absolute atomic E-state index is 10.2. The zero-order valence-corrected chi connectivity index (χ0v) is 9.25. The Balaban J connectivity index is 2.20. The van der Waals surface area contributed by atoms with Crippen molar-refractivity contribution < 1.29 is 5.11 Å². The molecule has 82 valence electrons. The first kappa shape index (κ1) is 10.7. The molecule has 1 atom stereocenters. The van der Waals surface area contributed by atoms with E-state index in [4.69, 9.17) is 0 Å².